The summed E-state index contributed by atoms with van der Waals surface area (Å²) in [6.45, 7) is 0.648. The van der Waals surface area contributed by atoms with Crippen LogP contribution in [0.5, 0.6) is 0 Å². The van der Waals surface area contributed by atoms with E-state index in [1.54, 1.807) is 10.9 Å². The van der Waals surface area contributed by atoms with E-state index < -0.39 is 0 Å². The number of benzene rings is 3. The molecule has 1 aromatic heterocycles. The van der Waals surface area contributed by atoms with Gasteiger partial charge in [-0.15, -0.1) is 0 Å². The molecule has 3 aromatic carbocycles. The average Bonchev–Trinajstić information content (AvgIpc) is 3.17. The molecule has 1 N–H and O–H groups in total. The maximum atomic E-state index is 12.5. The van der Waals surface area contributed by atoms with E-state index in [9.17, 15) is 4.79 Å². The number of amides is 1. The van der Waals surface area contributed by atoms with E-state index in [1.165, 1.54) is 0 Å². The zero-order valence-electron chi connectivity index (χ0n) is 15.0. The Bertz CT molecular complexity index is 1070. The largest absolute Gasteiger partial charge is 0.319 e. The first-order chi connectivity index (χ1) is 13.7. The summed E-state index contributed by atoms with van der Waals surface area (Å²) in [6, 6.07) is 25.8. The third-order valence-electron chi connectivity index (χ3n) is 4.40. The summed E-state index contributed by atoms with van der Waals surface area (Å²) in [5, 5.41) is 7.23. The summed E-state index contributed by atoms with van der Waals surface area (Å²) < 4.78 is 2.85. The summed E-state index contributed by atoms with van der Waals surface area (Å²) in [4.78, 5) is 12.5. The minimum atomic E-state index is -0.150. The molecular formula is C23H18BrN3O. The van der Waals surface area contributed by atoms with Crippen molar-refractivity contribution in [3.8, 4) is 11.1 Å². The number of carbonyl (C=O) groups is 1. The van der Waals surface area contributed by atoms with Gasteiger partial charge in [-0.3, -0.25) is 9.48 Å². The quantitative estimate of drug-likeness (QED) is 0.446. The van der Waals surface area contributed by atoms with E-state index in [4.69, 9.17) is 0 Å². The molecule has 138 valence electrons. The maximum absolute atomic E-state index is 12.5. The van der Waals surface area contributed by atoms with Crippen LogP contribution in [-0.2, 0) is 6.54 Å². The molecule has 1 amide bonds. The molecule has 0 saturated heterocycles. The Labute approximate surface area is 172 Å². The van der Waals surface area contributed by atoms with Gasteiger partial charge >= 0.3 is 0 Å². The molecule has 0 aliphatic heterocycles. The van der Waals surface area contributed by atoms with Crippen molar-refractivity contribution >= 4 is 27.5 Å². The smallest absolute Gasteiger partial charge is 0.255 e. The van der Waals surface area contributed by atoms with Gasteiger partial charge in [0, 0.05) is 16.2 Å². The SMILES string of the molecule is O=C(Nc1cnn(Cc2ccc(Br)cc2)c1)c1ccc(-c2ccccc2)cc1. The molecule has 0 aliphatic carbocycles. The molecule has 0 radical (unpaired) electrons. The highest BCUT2D eigenvalue weighted by atomic mass is 79.9. The predicted octanol–water partition coefficient (Wildman–Crippen LogP) is 5.61. The van der Waals surface area contributed by atoms with Gasteiger partial charge in [-0.05, 0) is 41.0 Å². The van der Waals surface area contributed by atoms with Crippen molar-refractivity contribution in [2.75, 3.05) is 5.32 Å². The van der Waals surface area contributed by atoms with Crippen LogP contribution in [0.15, 0.2) is 95.7 Å². The Morgan fingerprint density at radius 3 is 2.29 bits per heavy atom. The van der Waals surface area contributed by atoms with Gasteiger partial charge in [0.15, 0.2) is 0 Å². The standard InChI is InChI=1S/C23H18BrN3O/c24-21-12-6-17(7-13-21)15-27-16-22(14-25-27)26-23(28)20-10-8-19(9-11-20)18-4-2-1-3-5-18/h1-14,16H,15H2,(H,26,28). The van der Waals surface area contributed by atoms with E-state index >= 15 is 0 Å². The van der Waals surface area contributed by atoms with E-state index in [0.717, 1.165) is 21.2 Å². The molecule has 0 unspecified atom stereocenters. The number of halogens is 1. The molecule has 28 heavy (non-hydrogen) atoms. The predicted molar refractivity (Wildman–Crippen MR) is 115 cm³/mol. The second kappa shape index (κ2) is 8.23. The summed E-state index contributed by atoms with van der Waals surface area (Å²) >= 11 is 3.43. The fourth-order valence-electron chi connectivity index (χ4n) is 2.94. The van der Waals surface area contributed by atoms with Crippen LogP contribution >= 0.6 is 15.9 Å². The van der Waals surface area contributed by atoms with Crippen LogP contribution in [0.1, 0.15) is 15.9 Å². The first-order valence-corrected chi connectivity index (χ1v) is 9.70. The number of nitrogens with zero attached hydrogens (tertiary/aromatic N) is 2. The lowest BCUT2D eigenvalue weighted by Gasteiger charge is -2.05. The first kappa shape index (κ1) is 18.2. The highest BCUT2D eigenvalue weighted by Gasteiger charge is 2.08. The monoisotopic (exact) mass is 431 g/mol. The molecule has 0 spiro atoms. The number of carbonyl (C=O) groups excluding carboxylic acids is 1. The van der Waals surface area contributed by atoms with Crippen LogP contribution < -0.4 is 5.32 Å². The molecule has 0 fully saturated rings. The van der Waals surface area contributed by atoms with E-state index in [0.29, 0.717) is 17.8 Å². The van der Waals surface area contributed by atoms with Gasteiger partial charge in [0.25, 0.3) is 5.91 Å². The number of nitrogens with one attached hydrogen (secondary N) is 1. The van der Waals surface area contributed by atoms with Crippen LogP contribution in [-0.4, -0.2) is 15.7 Å². The molecular weight excluding hydrogens is 414 g/mol. The topological polar surface area (TPSA) is 46.9 Å². The Balaban J connectivity index is 1.41. The first-order valence-electron chi connectivity index (χ1n) is 8.91. The Kier molecular flexibility index (Phi) is 5.35. The molecule has 4 nitrogen and oxygen atoms in total. The second-order valence-electron chi connectivity index (χ2n) is 6.45. The number of hydrogen-bond donors (Lipinski definition) is 1. The number of anilines is 1. The highest BCUT2D eigenvalue weighted by Crippen LogP contribution is 2.20. The Morgan fingerprint density at radius 1 is 0.893 bits per heavy atom. The van der Waals surface area contributed by atoms with Crippen LogP contribution in [0.2, 0.25) is 0 Å². The highest BCUT2D eigenvalue weighted by molar-refractivity contribution is 9.10. The van der Waals surface area contributed by atoms with Crippen molar-refractivity contribution in [3.63, 3.8) is 0 Å². The van der Waals surface area contributed by atoms with E-state index in [2.05, 4.69) is 38.5 Å². The fraction of sp³-hybridized carbons (Fsp3) is 0.0435. The fourth-order valence-corrected chi connectivity index (χ4v) is 3.20. The van der Waals surface area contributed by atoms with Gasteiger partial charge < -0.3 is 5.32 Å². The molecule has 4 aromatic rings. The Morgan fingerprint density at radius 2 is 1.57 bits per heavy atom. The number of rotatable bonds is 5. The lowest BCUT2D eigenvalue weighted by Crippen LogP contribution is -2.11. The maximum Gasteiger partial charge on any atom is 0.255 e. The van der Waals surface area contributed by atoms with Crippen molar-refractivity contribution < 1.29 is 4.79 Å². The van der Waals surface area contributed by atoms with Gasteiger partial charge in [0.1, 0.15) is 0 Å². The number of aromatic nitrogens is 2. The van der Waals surface area contributed by atoms with Crippen LogP contribution in [0.25, 0.3) is 11.1 Å². The minimum Gasteiger partial charge on any atom is -0.319 e. The van der Waals surface area contributed by atoms with Crippen molar-refractivity contribution in [2.45, 2.75) is 6.54 Å². The van der Waals surface area contributed by atoms with Crippen LogP contribution in [0.4, 0.5) is 5.69 Å². The van der Waals surface area contributed by atoms with Crippen molar-refractivity contribution in [2.24, 2.45) is 0 Å². The molecule has 0 atom stereocenters. The van der Waals surface area contributed by atoms with E-state index in [-0.39, 0.29) is 5.91 Å². The lowest BCUT2D eigenvalue weighted by molar-refractivity contribution is 0.102. The lowest BCUT2D eigenvalue weighted by atomic mass is 10.0. The molecule has 0 aliphatic rings. The van der Waals surface area contributed by atoms with Gasteiger partial charge in [-0.25, -0.2) is 0 Å². The zero-order chi connectivity index (χ0) is 19.3. The molecule has 0 bridgehead atoms. The zero-order valence-corrected chi connectivity index (χ0v) is 16.6. The van der Waals surface area contributed by atoms with Crippen LogP contribution in [0, 0.1) is 0 Å². The Hall–Kier alpha value is -3.18. The summed E-state index contributed by atoms with van der Waals surface area (Å²) in [5.41, 5.74) is 4.64. The summed E-state index contributed by atoms with van der Waals surface area (Å²) in [5.74, 6) is -0.150. The van der Waals surface area contributed by atoms with E-state index in [1.807, 2.05) is 72.9 Å². The van der Waals surface area contributed by atoms with Gasteiger partial charge in [-0.2, -0.15) is 5.10 Å². The van der Waals surface area contributed by atoms with Crippen molar-refractivity contribution in [1.29, 1.82) is 0 Å². The van der Waals surface area contributed by atoms with Crippen molar-refractivity contribution in [3.05, 3.63) is 107 Å². The molecule has 5 heteroatoms. The summed E-state index contributed by atoms with van der Waals surface area (Å²) in [6.07, 6.45) is 3.49. The summed E-state index contributed by atoms with van der Waals surface area (Å²) in [7, 11) is 0. The third kappa shape index (κ3) is 4.38. The van der Waals surface area contributed by atoms with Gasteiger partial charge in [-0.1, -0.05) is 70.5 Å². The molecule has 1 heterocycles. The molecule has 4 rings (SSSR count). The normalized spacial score (nSPS) is 10.6. The molecule has 0 saturated carbocycles. The van der Waals surface area contributed by atoms with Crippen molar-refractivity contribution in [1.82, 2.24) is 9.78 Å². The second-order valence-corrected chi connectivity index (χ2v) is 7.37. The van der Waals surface area contributed by atoms with Gasteiger partial charge in [0.2, 0.25) is 0 Å². The minimum absolute atomic E-state index is 0.150. The number of hydrogen-bond acceptors (Lipinski definition) is 2. The average molecular weight is 432 g/mol. The van der Waals surface area contributed by atoms with Gasteiger partial charge in [0.05, 0.1) is 18.4 Å². The van der Waals surface area contributed by atoms with Crippen LogP contribution in [0.3, 0.4) is 0 Å². The third-order valence-corrected chi connectivity index (χ3v) is 4.93.